The van der Waals surface area contributed by atoms with E-state index >= 15 is 0 Å². The molecule has 0 bridgehead atoms. The van der Waals surface area contributed by atoms with Crippen LogP contribution >= 0.6 is 0 Å². The van der Waals surface area contributed by atoms with E-state index in [1.54, 1.807) is 25.1 Å². The molecule has 142 valence electrons. The minimum atomic E-state index is -0.619. The number of ether oxygens (including phenoxy) is 1. The Kier molecular flexibility index (Phi) is 6.94. The first-order valence-electron chi connectivity index (χ1n) is 8.69. The molecule has 1 aromatic carbocycles. The molecule has 0 aliphatic carbocycles. The number of anilines is 1. The van der Waals surface area contributed by atoms with Crippen LogP contribution in [0.15, 0.2) is 36.0 Å². The van der Waals surface area contributed by atoms with E-state index in [0.29, 0.717) is 25.9 Å². The molecule has 0 saturated carbocycles. The van der Waals surface area contributed by atoms with Crippen molar-refractivity contribution >= 4 is 23.5 Å². The molecule has 1 saturated heterocycles. The summed E-state index contributed by atoms with van der Waals surface area (Å²) in [5.74, 6) is -1.67. The minimum Gasteiger partial charge on any atom is -0.462 e. The van der Waals surface area contributed by atoms with Gasteiger partial charge in [-0.3, -0.25) is 9.59 Å². The van der Waals surface area contributed by atoms with Crippen LogP contribution in [-0.2, 0) is 14.3 Å². The average molecular weight is 370 g/mol. The van der Waals surface area contributed by atoms with Crippen LogP contribution in [0.2, 0.25) is 0 Å². The molecule has 1 aliphatic heterocycles. The molecule has 0 spiro atoms. The Bertz CT molecular complexity index is 789. The number of likely N-dealkylation sites (tertiary alicyclic amines) is 1. The normalized spacial score (nSPS) is 15.0. The van der Waals surface area contributed by atoms with Gasteiger partial charge in [-0.15, -0.1) is 0 Å². The Morgan fingerprint density at radius 3 is 2.59 bits per heavy atom. The van der Waals surface area contributed by atoms with E-state index in [1.807, 2.05) is 11.0 Å². The van der Waals surface area contributed by atoms with Gasteiger partial charge in [0, 0.05) is 25.2 Å². The number of benzene rings is 1. The third kappa shape index (κ3) is 5.31. The van der Waals surface area contributed by atoms with Crippen LogP contribution in [0, 0.1) is 17.2 Å². The minimum absolute atomic E-state index is 0.0915. The van der Waals surface area contributed by atoms with Gasteiger partial charge in [0.2, 0.25) is 5.91 Å². The third-order valence-corrected chi connectivity index (χ3v) is 4.28. The molecule has 0 radical (unpaired) electrons. The van der Waals surface area contributed by atoms with Crippen molar-refractivity contribution in [1.29, 1.82) is 5.26 Å². The highest BCUT2D eigenvalue weighted by atomic mass is 16.5. The van der Waals surface area contributed by atoms with Gasteiger partial charge in [0.1, 0.15) is 11.6 Å². The summed E-state index contributed by atoms with van der Waals surface area (Å²) in [5.41, 5.74) is 5.70. The summed E-state index contributed by atoms with van der Waals surface area (Å²) in [5, 5.41) is 11.9. The molecule has 0 aromatic heterocycles. The lowest BCUT2D eigenvalue weighted by atomic mass is 9.96. The SMILES string of the molecule is CCOC(=O)c1ccccc1NC(=O)/C(C#N)=C\N1CCC(C(N)=O)CC1. The second-order valence-electron chi connectivity index (χ2n) is 6.09. The highest BCUT2D eigenvalue weighted by molar-refractivity contribution is 6.09. The molecule has 0 unspecified atom stereocenters. The molecule has 1 heterocycles. The fourth-order valence-corrected chi connectivity index (χ4v) is 2.80. The van der Waals surface area contributed by atoms with Crippen LogP contribution in [0.3, 0.4) is 0 Å². The smallest absolute Gasteiger partial charge is 0.340 e. The van der Waals surface area contributed by atoms with Crippen molar-refractivity contribution in [2.75, 3.05) is 25.0 Å². The monoisotopic (exact) mass is 370 g/mol. The molecule has 27 heavy (non-hydrogen) atoms. The molecule has 1 fully saturated rings. The summed E-state index contributed by atoms with van der Waals surface area (Å²) in [6.45, 7) is 2.97. The number of nitriles is 1. The van der Waals surface area contributed by atoms with Crippen molar-refractivity contribution in [2.45, 2.75) is 19.8 Å². The topological polar surface area (TPSA) is 126 Å². The molecule has 2 rings (SSSR count). The van der Waals surface area contributed by atoms with E-state index in [9.17, 15) is 19.6 Å². The number of carbonyl (C=O) groups excluding carboxylic acids is 3. The fraction of sp³-hybridized carbons (Fsp3) is 0.368. The molecule has 8 nitrogen and oxygen atoms in total. The number of rotatable bonds is 6. The molecule has 8 heteroatoms. The third-order valence-electron chi connectivity index (χ3n) is 4.28. The number of nitrogens with one attached hydrogen (secondary N) is 1. The summed E-state index contributed by atoms with van der Waals surface area (Å²) in [6, 6.07) is 8.31. The standard InChI is InChI=1S/C19H22N4O4/c1-2-27-19(26)15-5-3-4-6-16(15)22-18(25)14(11-20)12-23-9-7-13(8-10-23)17(21)24/h3-6,12-13H,2,7-10H2,1H3,(H2,21,24)(H,22,25)/b14-12-. The number of primary amides is 1. The molecule has 0 atom stereocenters. The Morgan fingerprint density at radius 1 is 1.33 bits per heavy atom. The average Bonchev–Trinajstić information content (AvgIpc) is 2.67. The summed E-state index contributed by atoms with van der Waals surface area (Å²) < 4.78 is 4.97. The first-order chi connectivity index (χ1) is 13.0. The predicted molar refractivity (Wildman–Crippen MR) is 98.2 cm³/mol. The lowest BCUT2D eigenvalue weighted by molar-refractivity contribution is -0.123. The maximum absolute atomic E-state index is 12.5. The largest absolute Gasteiger partial charge is 0.462 e. The van der Waals surface area contributed by atoms with Gasteiger partial charge in [0.15, 0.2) is 0 Å². The maximum atomic E-state index is 12.5. The summed E-state index contributed by atoms with van der Waals surface area (Å²) in [7, 11) is 0. The second kappa shape index (κ2) is 9.38. The zero-order valence-corrected chi connectivity index (χ0v) is 15.1. The maximum Gasteiger partial charge on any atom is 0.340 e. The number of hydrogen-bond donors (Lipinski definition) is 2. The van der Waals surface area contributed by atoms with Crippen molar-refractivity contribution in [1.82, 2.24) is 4.90 Å². The number of piperidine rings is 1. The highest BCUT2D eigenvalue weighted by Crippen LogP contribution is 2.19. The zero-order valence-electron chi connectivity index (χ0n) is 15.1. The van der Waals surface area contributed by atoms with Gasteiger partial charge in [-0.25, -0.2) is 4.79 Å². The number of carbonyl (C=O) groups is 3. The van der Waals surface area contributed by atoms with Crippen molar-refractivity contribution < 1.29 is 19.1 Å². The molecular weight excluding hydrogens is 348 g/mol. The van der Waals surface area contributed by atoms with Crippen molar-refractivity contribution in [3.05, 3.63) is 41.6 Å². The van der Waals surface area contributed by atoms with Crippen molar-refractivity contribution in [2.24, 2.45) is 11.7 Å². The number of hydrogen-bond acceptors (Lipinski definition) is 6. The zero-order chi connectivity index (χ0) is 19.8. The predicted octanol–water partition coefficient (Wildman–Crippen LogP) is 1.41. The molecular formula is C19H22N4O4. The van der Waals surface area contributed by atoms with Crippen molar-refractivity contribution in [3.8, 4) is 6.07 Å². The lowest BCUT2D eigenvalue weighted by Gasteiger charge is -2.29. The van der Waals surface area contributed by atoms with Crippen LogP contribution in [0.4, 0.5) is 5.69 Å². The molecule has 3 N–H and O–H groups in total. The molecule has 1 aromatic rings. The molecule has 1 aliphatic rings. The van der Waals surface area contributed by atoms with Gasteiger partial charge in [0.05, 0.1) is 17.9 Å². The first kappa shape index (κ1) is 20.0. The Balaban J connectivity index is 2.09. The van der Waals surface area contributed by atoms with Gasteiger partial charge in [-0.1, -0.05) is 12.1 Å². The van der Waals surface area contributed by atoms with Crippen LogP contribution in [0.1, 0.15) is 30.1 Å². The van der Waals surface area contributed by atoms with E-state index in [1.165, 1.54) is 12.3 Å². The highest BCUT2D eigenvalue weighted by Gasteiger charge is 2.23. The van der Waals surface area contributed by atoms with Gasteiger partial charge in [0.25, 0.3) is 5.91 Å². The van der Waals surface area contributed by atoms with Crippen LogP contribution in [0.5, 0.6) is 0 Å². The van der Waals surface area contributed by atoms with Gasteiger partial charge in [-0.2, -0.15) is 5.26 Å². The van der Waals surface area contributed by atoms with E-state index in [-0.39, 0.29) is 35.3 Å². The molecule has 2 amide bonds. The quantitative estimate of drug-likeness (QED) is 0.443. The number of nitrogens with two attached hydrogens (primary N) is 1. The number of amides is 2. The Labute approximate surface area is 157 Å². The van der Waals surface area contributed by atoms with Crippen LogP contribution in [-0.4, -0.2) is 42.4 Å². The van der Waals surface area contributed by atoms with E-state index < -0.39 is 11.9 Å². The van der Waals surface area contributed by atoms with Gasteiger partial charge < -0.3 is 20.7 Å². The van der Waals surface area contributed by atoms with Gasteiger partial charge in [-0.05, 0) is 31.9 Å². The Hall–Kier alpha value is -3.34. The fourth-order valence-electron chi connectivity index (χ4n) is 2.80. The summed E-state index contributed by atoms with van der Waals surface area (Å²) in [6.07, 6.45) is 2.63. The summed E-state index contributed by atoms with van der Waals surface area (Å²) in [4.78, 5) is 37.5. The van der Waals surface area contributed by atoms with E-state index in [0.717, 1.165) is 0 Å². The number of para-hydroxylation sites is 1. The number of nitrogens with zero attached hydrogens (tertiary/aromatic N) is 2. The first-order valence-corrected chi connectivity index (χ1v) is 8.69. The van der Waals surface area contributed by atoms with Crippen LogP contribution < -0.4 is 11.1 Å². The lowest BCUT2D eigenvalue weighted by Crippen LogP contribution is -2.36. The van der Waals surface area contributed by atoms with E-state index in [2.05, 4.69) is 5.32 Å². The van der Waals surface area contributed by atoms with E-state index in [4.69, 9.17) is 10.5 Å². The van der Waals surface area contributed by atoms with Crippen LogP contribution in [0.25, 0.3) is 0 Å². The Morgan fingerprint density at radius 2 is 2.00 bits per heavy atom. The summed E-state index contributed by atoms with van der Waals surface area (Å²) >= 11 is 0. The second-order valence-corrected chi connectivity index (χ2v) is 6.09. The number of esters is 1. The van der Waals surface area contributed by atoms with Crippen molar-refractivity contribution in [3.63, 3.8) is 0 Å². The van der Waals surface area contributed by atoms with Gasteiger partial charge >= 0.3 is 5.97 Å².